The van der Waals surface area contributed by atoms with Crippen molar-refractivity contribution in [2.24, 2.45) is 0 Å². The normalized spacial score (nSPS) is 15.9. The first kappa shape index (κ1) is 23.2. The standard InChI is InChI=1S/C25H25FN4O4/c1-15-14-29(23(32)16-7-5-4-6-8-16)11-12-30(15)25(34)22(31)18-13-27-21-17(24(33)28(2)3)9-10-19(26)20(18)21/h4-10,13,15,27H,11-12,14H2,1-3H3. The van der Waals surface area contributed by atoms with Crippen molar-refractivity contribution in [1.82, 2.24) is 19.7 Å². The fraction of sp³-hybridized carbons (Fsp3) is 0.280. The lowest BCUT2D eigenvalue weighted by Gasteiger charge is -2.39. The Hall–Kier alpha value is -4.01. The van der Waals surface area contributed by atoms with E-state index in [-0.39, 0.29) is 53.5 Å². The number of ketones is 1. The summed E-state index contributed by atoms with van der Waals surface area (Å²) in [5.74, 6) is -2.83. The predicted octanol–water partition coefficient (Wildman–Crippen LogP) is 2.56. The second-order valence-corrected chi connectivity index (χ2v) is 8.54. The van der Waals surface area contributed by atoms with E-state index in [0.29, 0.717) is 5.56 Å². The van der Waals surface area contributed by atoms with Crippen LogP contribution in [0.4, 0.5) is 4.39 Å². The molecule has 1 aromatic heterocycles. The molecule has 0 spiro atoms. The molecule has 1 N–H and O–H groups in total. The van der Waals surface area contributed by atoms with Crippen LogP contribution < -0.4 is 0 Å². The van der Waals surface area contributed by atoms with Crippen molar-refractivity contribution in [2.75, 3.05) is 33.7 Å². The molecule has 34 heavy (non-hydrogen) atoms. The zero-order valence-electron chi connectivity index (χ0n) is 19.2. The number of fused-ring (bicyclic) bond motifs is 1. The number of rotatable bonds is 4. The first-order chi connectivity index (χ1) is 16.2. The predicted molar refractivity (Wildman–Crippen MR) is 124 cm³/mol. The number of aromatic nitrogens is 1. The minimum Gasteiger partial charge on any atom is -0.360 e. The summed E-state index contributed by atoms with van der Waals surface area (Å²) in [4.78, 5) is 58.6. The number of amides is 3. The molecule has 3 aromatic rings. The Morgan fingerprint density at radius 1 is 1.00 bits per heavy atom. The van der Waals surface area contributed by atoms with Gasteiger partial charge in [0.15, 0.2) is 0 Å². The van der Waals surface area contributed by atoms with E-state index in [0.717, 1.165) is 6.07 Å². The molecule has 9 heteroatoms. The summed E-state index contributed by atoms with van der Waals surface area (Å²) >= 11 is 0. The van der Waals surface area contributed by atoms with E-state index in [2.05, 4.69) is 4.98 Å². The SMILES string of the molecule is CC1CN(C(=O)c2ccccc2)CCN1C(=O)C(=O)c1c[nH]c2c(C(=O)N(C)C)ccc(F)c12. The number of hydrogen-bond donors (Lipinski definition) is 1. The van der Waals surface area contributed by atoms with Gasteiger partial charge >= 0.3 is 0 Å². The van der Waals surface area contributed by atoms with Gasteiger partial charge in [-0.2, -0.15) is 0 Å². The summed E-state index contributed by atoms with van der Waals surface area (Å²) in [7, 11) is 3.14. The van der Waals surface area contributed by atoms with E-state index < -0.39 is 23.5 Å². The third-order valence-electron chi connectivity index (χ3n) is 6.06. The number of H-pyrrole nitrogens is 1. The lowest BCUT2D eigenvalue weighted by Crippen LogP contribution is -2.56. The molecule has 3 amide bonds. The number of carbonyl (C=O) groups excluding carboxylic acids is 4. The first-order valence-electron chi connectivity index (χ1n) is 10.9. The van der Waals surface area contributed by atoms with Crippen molar-refractivity contribution in [2.45, 2.75) is 13.0 Å². The average molecular weight is 464 g/mol. The maximum atomic E-state index is 14.7. The number of benzene rings is 2. The summed E-state index contributed by atoms with van der Waals surface area (Å²) in [5, 5.41) is -0.0865. The molecule has 0 radical (unpaired) electrons. The second kappa shape index (κ2) is 9.09. The van der Waals surface area contributed by atoms with E-state index in [1.165, 1.54) is 22.1 Å². The number of halogens is 1. The molecule has 2 aromatic carbocycles. The van der Waals surface area contributed by atoms with Crippen molar-refractivity contribution < 1.29 is 23.6 Å². The van der Waals surface area contributed by atoms with E-state index in [1.807, 2.05) is 6.07 Å². The van der Waals surface area contributed by atoms with Gasteiger partial charge in [-0.1, -0.05) is 18.2 Å². The number of nitrogens with zero attached hydrogens (tertiary/aromatic N) is 3. The molecule has 0 bridgehead atoms. The zero-order valence-corrected chi connectivity index (χ0v) is 19.2. The highest BCUT2D eigenvalue weighted by Crippen LogP contribution is 2.27. The number of hydrogen-bond acceptors (Lipinski definition) is 4. The highest BCUT2D eigenvalue weighted by molar-refractivity contribution is 6.45. The van der Waals surface area contributed by atoms with Crippen LogP contribution in [0.2, 0.25) is 0 Å². The molecule has 1 saturated heterocycles. The summed E-state index contributed by atoms with van der Waals surface area (Å²) in [5.41, 5.74) is 0.805. The van der Waals surface area contributed by atoms with Crippen LogP contribution >= 0.6 is 0 Å². The average Bonchev–Trinajstić information content (AvgIpc) is 3.29. The smallest absolute Gasteiger partial charge is 0.295 e. The van der Waals surface area contributed by atoms with Gasteiger partial charge in [-0.15, -0.1) is 0 Å². The van der Waals surface area contributed by atoms with Crippen LogP contribution in [0, 0.1) is 5.82 Å². The molecule has 1 aliphatic heterocycles. The fourth-order valence-corrected chi connectivity index (χ4v) is 4.26. The van der Waals surface area contributed by atoms with Crippen molar-refractivity contribution in [3.63, 3.8) is 0 Å². The number of nitrogens with one attached hydrogen (secondary N) is 1. The van der Waals surface area contributed by atoms with Gasteiger partial charge in [-0.05, 0) is 31.2 Å². The Morgan fingerprint density at radius 3 is 2.35 bits per heavy atom. The van der Waals surface area contributed by atoms with E-state index >= 15 is 0 Å². The monoisotopic (exact) mass is 464 g/mol. The zero-order chi connectivity index (χ0) is 24.6. The van der Waals surface area contributed by atoms with Gasteiger partial charge in [0.05, 0.1) is 16.6 Å². The molecule has 1 unspecified atom stereocenters. The van der Waals surface area contributed by atoms with Crippen molar-refractivity contribution in [3.05, 3.63) is 71.2 Å². The first-order valence-corrected chi connectivity index (χ1v) is 10.9. The van der Waals surface area contributed by atoms with Gasteiger partial charge in [-0.3, -0.25) is 19.2 Å². The van der Waals surface area contributed by atoms with Crippen LogP contribution in [0.25, 0.3) is 10.9 Å². The van der Waals surface area contributed by atoms with Crippen LogP contribution in [0.5, 0.6) is 0 Å². The maximum absolute atomic E-state index is 14.7. The molecule has 2 heterocycles. The highest BCUT2D eigenvalue weighted by atomic mass is 19.1. The third-order valence-corrected chi connectivity index (χ3v) is 6.06. The summed E-state index contributed by atoms with van der Waals surface area (Å²) in [6, 6.07) is 10.9. The quantitative estimate of drug-likeness (QED) is 0.474. The van der Waals surface area contributed by atoms with E-state index in [9.17, 15) is 23.6 Å². The third kappa shape index (κ3) is 4.05. The van der Waals surface area contributed by atoms with E-state index in [1.54, 1.807) is 50.2 Å². The van der Waals surface area contributed by atoms with Crippen LogP contribution in [-0.2, 0) is 4.79 Å². The molecular formula is C25H25FN4O4. The molecule has 1 atom stereocenters. The Morgan fingerprint density at radius 2 is 1.71 bits per heavy atom. The lowest BCUT2D eigenvalue weighted by molar-refractivity contribution is -0.130. The molecule has 8 nitrogen and oxygen atoms in total. The number of piperazine rings is 1. The molecule has 0 aliphatic carbocycles. The summed E-state index contributed by atoms with van der Waals surface area (Å²) in [6.07, 6.45) is 1.26. The van der Waals surface area contributed by atoms with Gasteiger partial charge in [0.1, 0.15) is 5.82 Å². The van der Waals surface area contributed by atoms with Crippen LogP contribution in [0.1, 0.15) is 38.0 Å². The van der Waals surface area contributed by atoms with Gasteiger partial charge in [0, 0.05) is 56.9 Å². The van der Waals surface area contributed by atoms with Crippen molar-refractivity contribution in [3.8, 4) is 0 Å². The largest absolute Gasteiger partial charge is 0.360 e. The highest BCUT2D eigenvalue weighted by Gasteiger charge is 2.35. The summed E-state index contributed by atoms with van der Waals surface area (Å²) < 4.78 is 14.7. The molecule has 1 aliphatic rings. The second-order valence-electron chi connectivity index (χ2n) is 8.54. The van der Waals surface area contributed by atoms with Crippen molar-refractivity contribution >= 4 is 34.4 Å². The molecule has 0 saturated carbocycles. The topological polar surface area (TPSA) is 93.8 Å². The fourth-order valence-electron chi connectivity index (χ4n) is 4.26. The van der Waals surface area contributed by atoms with Gasteiger partial charge in [0.25, 0.3) is 23.5 Å². The van der Waals surface area contributed by atoms with Crippen LogP contribution in [0.15, 0.2) is 48.7 Å². The Kier molecular flexibility index (Phi) is 6.19. The van der Waals surface area contributed by atoms with Crippen molar-refractivity contribution in [1.29, 1.82) is 0 Å². The molecule has 1 fully saturated rings. The number of Topliss-reactive ketones (excluding diaryl/α,β-unsaturated/α-hetero) is 1. The Bertz CT molecular complexity index is 1280. The van der Waals surface area contributed by atoms with Gasteiger partial charge in [-0.25, -0.2) is 4.39 Å². The van der Waals surface area contributed by atoms with Gasteiger partial charge < -0.3 is 19.7 Å². The molecule has 176 valence electrons. The lowest BCUT2D eigenvalue weighted by atomic mass is 10.0. The minimum absolute atomic E-state index is 0.0865. The molecule has 4 rings (SSSR count). The van der Waals surface area contributed by atoms with Crippen LogP contribution in [-0.4, -0.2) is 83.0 Å². The minimum atomic E-state index is -0.866. The summed E-state index contributed by atoms with van der Waals surface area (Å²) in [6.45, 7) is 2.50. The number of carbonyl (C=O) groups is 4. The van der Waals surface area contributed by atoms with E-state index in [4.69, 9.17) is 0 Å². The van der Waals surface area contributed by atoms with Crippen LogP contribution in [0.3, 0.4) is 0 Å². The maximum Gasteiger partial charge on any atom is 0.295 e. The Balaban J connectivity index is 1.55. The molecular weight excluding hydrogens is 439 g/mol. The Labute approximate surface area is 195 Å². The van der Waals surface area contributed by atoms with Gasteiger partial charge in [0.2, 0.25) is 0 Å². The number of aromatic amines is 1.